The number of carbonyl (C=O) groups excluding carboxylic acids is 1. The molecule has 142 valence electrons. The van der Waals surface area contributed by atoms with Crippen LogP contribution in [0.2, 0.25) is 0 Å². The topological polar surface area (TPSA) is 73.8 Å². The van der Waals surface area contributed by atoms with Crippen LogP contribution in [0.5, 0.6) is 0 Å². The highest BCUT2D eigenvalue weighted by molar-refractivity contribution is 5.92. The standard InChI is InChI=1S/C21H21N5O2/c1-24-13-6-10-18(24)20(27)23-12-14-25-19-17(9-5-11-22-19)26(21(25)28)15-16-7-3-2-4-8-16/h2-11,13H,12,14-15H2,1H3,(H,23,27). The van der Waals surface area contributed by atoms with Gasteiger partial charge in [0.1, 0.15) is 5.69 Å². The Morgan fingerprint density at radius 3 is 2.61 bits per heavy atom. The Labute approximate surface area is 161 Å². The SMILES string of the molecule is Cn1cccc1C(=O)NCCn1c(=O)n(Cc2ccccc2)c2cccnc21. The van der Waals surface area contributed by atoms with E-state index >= 15 is 0 Å². The first kappa shape index (κ1) is 17.8. The normalized spacial score (nSPS) is 11.0. The van der Waals surface area contributed by atoms with Crippen LogP contribution in [0.4, 0.5) is 0 Å². The van der Waals surface area contributed by atoms with E-state index in [1.165, 1.54) is 0 Å². The first-order valence-electron chi connectivity index (χ1n) is 9.12. The predicted octanol–water partition coefficient (Wildman–Crippen LogP) is 2.01. The molecule has 0 bridgehead atoms. The number of aromatic nitrogens is 4. The number of benzene rings is 1. The van der Waals surface area contributed by atoms with E-state index in [1.807, 2.05) is 61.8 Å². The van der Waals surface area contributed by atoms with Gasteiger partial charge in [-0.25, -0.2) is 9.78 Å². The summed E-state index contributed by atoms with van der Waals surface area (Å²) >= 11 is 0. The molecule has 1 amide bonds. The lowest BCUT2D eigenvalue weighted by atomic mass is 10.2. The van der Waals surface area contributed by atoms with Gasteiger partial charge in [-0.3, -0.25) is 13.9 Å². The number of rotatable bonds is 6. The van der Waals surface area contributed by atoms with Crippen molar-refractivity contribution in [1.29, 1.82) is 0 Å². The Bertz CT molecular complexity index is 1170. The Morgan fingerprint density at radius 1 is 1.04 bits per heavy atom. The molecule has 1 aromatic carbocycles. The number of hydrogen-bond donors (Lipinski definition) is 1. The van der Waals surface area contributed by atoms with Crippen molar-refractivity contribution in [3.05, 3.63) is 88.7 Å². The Kier molecular flexibility index (Phi) is 4.80. The summed E-state index contributed by atoms with van der Waals surface area (Å²) in [5, 5.41) is 2.87. The van der Waals surface area contributed by atoms with Crippen molar-refractivity contribution in [2.24, 2.45) is 7.05 Å². The predicted molar refractivity (Wildman–Crippen MR) is 107 cm³/mol. The summed E-state index contributed by atoms with van der Waals surface area (Å²) in [6.07, 6.45) is 3.49. The first-order valence-corrected chi connectivity index (χ1v) is 9.12. The van der Waals surface area contributed by atoms with Gasteiger partial charge in [0.15, 0.2) is 5.65 Å². The van der Waals surface area contributed by atoms with Crippen molar-refractivity contribution >= 4 is 17.1 Å². The van der Waals surface area contributed by atoms with Gasteiger partial charge < -0.3 is 9.88 Å². The van der Waals surface area contributed by atoms with Gasteiger partial charge in [-0.2, -0.15) is 0 Å². The molecule has 3 heterocycles. The highest BCUT2D eigenvalue weighted by Crippen LogP contribution is 2.12. The highest BCUT2D eigenvalue weighted by Gasteiger charge is 2.15. The fourth-order valence-corrected chi connectivity index (χ4v) is 3.34. The summed E-state index contributed by atoms with van der Waals surface area (Å²) in [5.41, 5.74) is 2.90. The molecule has 0 saturated heterocycles. The molecule has 28 heavy (non-hydrogen) atoms. The van der Waals surface area contributed by atoms with E-state index < -0.39 is 0 Å². The second-order valence-corrected chi connectivity index (χ2v) is 6.61. The molecule has 0 aliphatic carbocycles. The highest BCUT2D eigenvalue weighted by atomic mass is 16.2. The number of carbonyl (C=O) groups is 1. The number of imidazole rings is 1. The van der Waals surface area contributed by atoms with Gasteiger partial charge in [-0.15, -0.1) is 0 Å². The summed E-state index contributed by atoms with van der Waals surface area (Å²) in [5.74, 6) is -0.165. The van der Waals surface area contributed by atoms with Gasteiger partial charge in [0, 0.05) is 32.5 Å². The first-order chi connectivity index (χ1) is 13.6. The van der Waals surface area contributed by atoms with Crippen molar-refractivity contribution in [1.82, 2.24) is 24.0 Å². The van der Waals surface area contributed by atoms with Gasteiger partial charge in [0.25, 0.3) is 5.91 Å². The molecule has 3 aromatic heterocycles. The van der Waals surface area contributed by atoms with Crippen LogP contribution in [0.25, 0.3) is 11.2 Å². The minimum atomic E-state index is -0.165. The van der Waals surface area contributed by atoms with Gasteiger partial charge in [-0.05, 0) is 29.8 Å². The number of nitrogens with zero attached hydrogens (tertiary/aromatic N) is 4. The maximum Gasteiger partial charge on any atom is 0.330 e. The molecule has 0 fully saturated rings. The van der Waals surface area contributed by atoms with Gasteiger partial charge in [0.05, 0.1) is 12.1 Å². The molecule has 4 aromatic rings. The van der Waals surface area contributed by atoms with E-state index in [9.17, 15) is 9.59 Å². The smallest absolute Gasteiger partial charge is 0.330 e. The third kappa shape index (κ3) is 3.34. The minimum Gasteiger partial charge on any atom is -0.349 e. The number of nitrogens with one attached hydrogen (secondary N) is 1. The molecule has 0 aliphatic heterocycles. The lowest BCUT2D eigenvalue weighted by molar-refractivity contribution is 0.0944. The zero-order valence-electron chi connectivity index (χ0n) is 15.6. The molecule has 7 nitrogen and oxygen atoms in total. The largest absolute Gasteiger partial charge is 0.349 e. The van der Waals surface area contributed by atoms with Crippen LogP contribution in [0, 0.1) is 0 Å². The molecular weight excluding hydrogens is 354 g/mol. The third-order valence-corrected chi connectivity index (χ3v) is 4.76. The quantitative estimate of drug-likeness (QED) is 0.560. The van der Waals surface area contributed by atoms with Crippen LogP contribution in [0.3, 0.4) is 0 Å². The molecule has 0 atom stereocenters. The van der Waals surface area contributed by atoms with Crippen molar-refractivity contribution in [2.75, 3.05) is 6.54 Å². The zero-order chi connectivity index (χ0) is 19.5. The van der Waals surface area contributed by atoms with Crippen LogP contribution in [-0.4, -0.2) is 31.1 Å². The molecule has 0 aliphatic rings. The van der Waals surface area contributed by atoms with Crippen molar-refractivity contribution in [3.8, 4) is 0 Å². The second-order valence-electron chi connectivity index (χ2n) is 6.61. The molecule has 0 saturated carbocycles. The van der Waals surface area contributed by atoms with Crippen LogP contribution >= 0.6 is 0 Å². The number of fused-ring (bicyclic) bond motifs is 1. The van der Waals surface area contributed by atoms with E-state index in [4.69, 9.17) is 0 Å². The van der Waals surface area contributed by atoms with Gasteiger partial charge in [-0.1, -0.05) is 30.3 Å². The van der Waals surface area contributed by atoms with Crippen LogP contribution in [0.1, 0.15) is 16.1 Å². The maximum atomic E-state index is 13.0. The van der Waals surface area contributed by atoms with E-state index in [0.717, 1.165) is 11.1 Å². The molecule has 4 rings (SSSR count). The molecular formula is C21H21N5O2. The number of aryl methyl sites for hydroxylation is 1. The van der Waals surface area contributed by atoms with Crippen LogP contribution in [-0.2, 0) is 20.1 Å². The number of amides is 1. The fraction of sp³-hybridized carbons (Fsp3) is 0.190. The molecule has 0 radical (unpaired) electrons. The number of hydrogen-bond acceptors (Lipinski definition) is 3. The van der Waals surface area contributed by atoms with Crippen molar-refractivity contribution < 1.29 is 4.79 Å². The zero-order valence-corrected chi connectivity index (χ0v) is 15.6. The summed E-state index contributed by atoms with van der Waals surface area (Å²) in [4.78, 5) is 29.7. The summed E-state index contributed by atoms with van der Waals surface area (Å²) in [7, 11) is 1.82. The van der Waals surface area contributed by atoms with E-state index in [2.05, 4.69) is 10.3 Å². The van der Waals surface area contributed by atoms with Crippen molar-refractivity contribution in [3.63, 3.8) is 0 Å². The molecule has 1 N–H and O–H groups in total. The lowest BCUT2D eigenvalue weighted by Crippen LogP contribution is -2.32. The van der Waals surface area contributed by atoms with Crippen LogP contribution in [0.15, 0.2) is 71.8 Å². The monoisotopic (exact) mass is 375 g/mol. The average molecular weight is 375 g/mol. The maximum absolute atomic E-state index is 13.0. The van der Waals surface area contributed by atoms with E-state index in [1.54, 1.807) is 26.0 Å². The summed E-state index contributed by atoms with van der Waals surface area (Å²) < 4.78 is 5.09. The average Bonchev–Trinajstić information content (AvgIpc) is 3.25. The second kappa shape index (κ2) is 7.56. The summed E-state index contributed by atoms with van der Waals surface area (Å²) in [6, 6.07) is 17.1. The number of pyridine rings is 1. The van der Waals surface area contributed by atoms with Crippen molar-refractivity contribution in [2.45, 2.75) is 13.1 Å². The van der Waals surface area contributed by atoms with E-state index in [0.29, 0.717) is 31.0 Å². The van der Waals surface area contributed by atoms with Crippen LogP contribution < -0.4 is 11.0 Å². The fourth-order valence-electron chi connectivity index (χ4n) is 3.34. The van der Waals surface area contributed by atoms with Gasteiger partial charge >= 0.3 is 5.69 Å². The Balaban J connectivity index is 1.57. The van der Waals surface area contributed by atoms with Gasteiger partial charge in [0.2, 0.25) is 0 Å². The van der Waals surface area contributed by atoms with E-state index in [-0.39, 0.29) is 11.6 Å². The minimum absolute atomic E-state index is 0.134. The lowest BCUT2D eigenvalue weighted by Gasteiger charge is -2.07. The molecule has 0 unspecified atom stereocenters. The molecule has 7 heteroatoms. The molecule has 0 spiro atoms. The summed E-state index contributed by atoms with van der Waals surface area (Å²) in [6.45, 7) is 1.17. The Hall–Kier alpha value is -3.61. The Morgan fingerprint density at radius 2 is 1.86 bits per heavy atom. The third-order valence-electron chi connectivity index (χ3n) is 4.76.